The average Bonchev–Trinajstić information content (AvgIpc) is 2.68. The second-order valence-corrected chi connectivity index (χ2v) is 4.55. The van der Waals surface area contributed by atoms with Crippen molar-refractivity contribution in [3.63, 3.8) is 0 Å². The summed E-state index contributed by atoms with van der Waals surface area (Å²) in [6.07, 6.45) is 0.845. The zero-order chi connectivity index (χ0) is 10.7. The van der Waals surface area contributed by atoms with Crippen LogP contribution in [0, 0.1) is 0 Å². The Labute approximate surface area is 97.7 Å². The van der Waals surface area contributed by atoms with Crippen molar-refractivity contribution in [2.45, 2.75) is 6.42 Å². The van der Waals surface area contributed by atoms with Gasteiger partial charge in [0.1, 0.15) is 0 Å². The molecular formula is C11H11ClN2S. The Balaban J connectivity index is 2.25. The molecule has 15 heavy (non-hydrogen) atoms. The van der Waals surface area contributed by atoms with E-state index >= 15 is 0 Å². The second kappa shape index (κ2) is 4.75. The van der Waals surface area contributed by atoms with E-state index in [1.165, 1.54) is 0 Å². The molecule has 0 radical (unpaired) electrons. The fraction of sp³-hybridized carbons (Fsp3) is 0.182. The number of halogens is 1. The van der Waals surface area contributed by atoms with Gasteiger partial charge in [-0.25, -0.2) is 4.98 Å². The fourth-order valence-corrected chi connectivity index (χ4v) is 2.25. The summed E-state index contributed by atoms with van der Waals surface area (Å²) in [5.74, 6) is 0. The van der Waals surface area contributed by atoms with Gasteiger partial charge in [0.25, 0.3) is 0 Å². The number of nitrogens with zero attached hydrogens (tertiary/aromatic N) is 1. The molecule has 0 aliphatic carbocycles. The minimum atomic E-state index is 0.646. The molecule has 0 aliphatic heterocycles. The summed E-state index contributed by atoms with van der Waals surface area (Å²) in [6, 6.07) is 7.70. The Kier molecular flexibility index (Phi) is 3.36. The van der Waals surface area contributed by atoms with Crippen molar-refractivity contribution < 1.29 is 0 Å². The van der Waals surface area contributed by atoms with Crippen molar-refractivity contribution in [3.8, 4) is 11.3 Å². The molecule has 0 atom stereocenters. The van der Waals surface area contributed by atoms with Gasteiger partial charge in [-0.15, -0.1) is 11.3 Å². The van der Waals surface area contributed by atoms with Crippen LogP contribution >= 0.6 is 22.9 Å². The molecule has 2 aromatic rings. The topological polar surface area (TPSA) is 38.9 Å². The molecular weight excluding hydrogens is 228 g/mol. The highest BCUT2D eigenvalue weighted by Crippen LogP contribution is 2.23. The van der Waals surface area contributed by atoms with Gasteiger partial charge < -0.3 is 5.73 Å². The number of hydrogen-bond donors (Lipinski definition) is 1. The Hall–Kier alpha value is -0.900. The van der Waals surface area contributed by atoms with Crippen molar-refractivity contribution in [3.05, 3.63) is 39.7 Å². The third-order valence-corrected chi connectivity index (χ3v) is 3.21. The van der Waals surface area contributed by atoms with Crippen molar-refractivity contribution in [1.82, 2.24) is 4.98 Å². The van der Waals surface area contributed by atoms with Crippen LogP contribution in [0.4, 0.5) is 0 Å². The van der Waals surface area contributed by atoms with Gasteiger partial charge in [-0.05, 0) is 18.7 Å². The maximum absolute atomic E-state index is 5.82. The van der Waals surface area contributed by atoms with Crippen LogP contribution in [0.25, 0.3) is 11.3 Å². The van der Waals surface area contributed by atoms with Gasteiger partial charge in [0.05, 0.1) is 10.7 Å². The van der Waals surface area contributed by atoms with E-state index in [1.807, 2.05) is 29.6 Å². The van der Waals surface area contributed by atoms with Crippen LogP contribution in [0.1, 0.15) is 5.01 Å². The number of thiazole rings is 1. The van der Waals surface area contributed by atoms with Gasteiger partial charge in [0, 0.05) is 22.4 Å². The van der Waals surface area contributed by atoms with Crippen LogP contribution in [0.3, 0.4) is 0 Å². The Bertz CT molecular complexity index is 436. The van der Waals surface area contributed by atoms with Crippen LogP contribution in [-0.4, -0.2) is 11.5 Å². The van der Waals surface area contributed by atoms with Crippen LogP contribution in [0.5, 0.6) is 0 Å². The molecule has 0 unspecified atom stereocenters. The fourth-order valence-electron chi connectivity index (χ4n) is 1.30. The summed E-state index contributed by atoms with van der Waals surface area (Å²) in [5.41, 5.74) is 7.57. The number of nitrogens with two attached hydrogens (primary N) is 1. The van der Waals surface area contributed by atoms with Crippen molar-refractivity contribution >= 4 is 22.9 Å². The molecule has 0 bridgehead atoms. The van der Waals surface area contributed by atoms with Gasteiger partial charge in [-0.1, -0.05) is 23.7 Å². The molecule has 0 spiro atoms. The van der Waals surface area contributed by atoms with Crippen LogP contribution in [0.2, 0.25) is 5.02 Å². The number of benzene rings is 1. The second-order valence-electron chi connectivity index (χ2n) is 3.17. The lowest BCUT2D eigenvalue weighted by molar-refractivity contribution is 0.954. The molecule has 0 saturated carbocycles. The first kappa shape index (κ1) is 10.6. The largest absolute Gasteiger partial charge is 0.330 e. The SMILES string of the molecule is NCCc1nc(-c2ccc(Cl)cc2)cs1. The first-order valence-electron chi connectivity index (χ1n) is 4.70. The summed E-state index contributed by atoms with van der Waals surface area (Å²) in [4.78, 5) is 4.50. The smallest absolute Gasteiger partial charge is 0.0945 e. The van der Waals surface area contributed by atoms with E-state index in [9.17, 15) is 0 Å². The summed E-state index contributed by atoms with van der Waals surface area (Å²) < 4.78 is 0. The normalized spacial score (nSPS) is 10.5. The quantitative estimate of drug-likeness (QED) is 0.893. The van der Waals surface area contributed by atoms with Crippen molar-refractivity contribution in [2.75, 3.05) is 6.54 Å². The molecule has 2 rings (SSSR count). The van der Waals surface area contributed by atoms with Crippen LogP contribution in [0.15, 0.2) is 29.6 Å². The highest BCUT2D eigenvalue weighted by atomic mass is 35.5. The monoisotopic (exact) mass is 238 g/mol. The summed E-state index contributed by atoms with van der Waals surface area (Å²) in [6.45, 7) is 0.646. The number of aromatic nitrogens is 1. The van der Waals surface area contributed by atoms with Crippen molar-refractivity contribution in [1.29, 1.82) is 0 Å². The predicted octanol–water partition coefficient (Wildman–Crippen LogP) is 2.96. The lowest BCUT2D eigenvalue weighted by atomic mass is 10.2. The zero-order valence-corrected chi connectivity index (χ0v) is 9.68. The Morgan fingerprint density at radius 1 is 1.27 bits per heavy atom. The maximum Gasteiger partial charge on any atom is 0.0945 e. The molecule has 1 heterocycles. The van der Waals surface area contributed by atoms with E-state index in [2.05, 4.69) is 4.98 Å². The van der Waals surface area contributed by atoms with E-state index < -0.39 is 0 Å². The van der Waals surface area contributed by atoms with E-state index in [0.29, 0.717) is 6.54 Å². The molecule has 0 saturated heterocycles. The molecule has 4 heteroatoms. The van der Waals surface area contributed by atoms with E-state index in [1.54, 1.807) is 11.3 Å². The van der Waals surface area contributed by atoms with Crippen molar-refractivity contribution in [2.24, 2.45) is 5.73 Å². The van der Waals surface area contributed by atoms with Gasteiger partial charge >= 0.3 is 0 Å². The lowest BCUT2D eigenvalue weighted by Gasteiger charge is -1.96. The molecule has 0 aliphatic rings. The minimum absolute atomic E-state index is 0.646. The molecule has 0 fully saturated rings. The molecule has 1 aromatic carbocycles. The Morgan fingerprint density at radius 2 is 2.00 bits per heavy atom. The summed E-state index contributed by atoms with van der Waals surface area (Å²) in [5, 5.41) is 3.88. The predicted molar refractivity (Wildman–Crippen MR) is 65.3 cm³/mol. The van der Waals surface area contributed by atoms with E-state index in [-0.39, 0.29) is 0 Å². The highest BCUT2D eigenvalue weighted by Gasteiger charge is 2.03. The molecule has 2 N–H and O–H groups in total. The van der Waals surface area contributed by atoms with Gasteiger partial charge in [-0.2, -0.15) is 0 Å². The van der Waals surface area contributed by atoms with E-state index in [0.717, 1.165) is 27.7 Å². The van der Waals surface area contributed by atoms with E-state index in [4.69, 9.17) is 17.3 Å². The highest BCUT2D eigenvalue weighted by molar-refractivity contribution is 7.09. The van der Waals surface area contributed by atoms with Crippen LogP contribution < -0.4 is 5.73 Å². The number of rotatable bonds is 3. The average molecular weight is 239 g/mol. The first-order valence-corrected chi connectivity index (χ1v) is 5.96. The van der Waals surface area contributed by atoms with Gasteiger partial charge in [0.15, 0.2) is 0 Å². The molecule has 0 amide bonds. The third-order valence-electron chi connectivity index (χ3n) is 2.05. The minimum Gasteiger partial charge on any atom is -0.330 e. The zero-order valence-electron chi connectivity index (χ0n) is 8.11. The standard InChI is InChI=1S/C11H11ClN2S/c12-9-3-1-8(2-4-9)10-7-15-11(14-10)5-6-13/h1-4,7H,5-6,13H2. The third kappa shape index (κ3) is 2.56. The van der Waals surface area contributed by atoms with Gasteiger partial charge in [0.2, 0.25) is 0 Å². The molecule has 2 nitrogen and oxygen atoms in total. The molecule has 78 valence electrons. The summed E-state index contributed by atoms with van der Waals surface area (Å²) in [7, 11) is 0. The maximum atomic E-state index is 5.82. The lowest BCUT2D eigenvalue weighted by Crippen LogP contribution is -2.01. The number of hydrogen-bond acceptors (Lipinski definition) is 3. The molecule has 1 aromatic heterocycles. The first-order chi connectivity index (χ1) is 7.29. The summed E-state index contributed by atoms with van der Waals surface area (Å²) >= 11 is 7.47. The van der Waals surface area contributed by atoms with Crippen LogP contribution in [-0.2, 0) is 6.42 Å². The van der Waals surface area contributed by atoms with Gasteiger partial charge in [-0.3, -0.25) is 0 Å². The Morgan fingerprint density at radius 3 is 2.67 bits per heavy atom.